The summed E-state index contributed by atoms with van der Waals surface area (Å²) in [7, 11) is 3.93. The van der Waals surface area contributed by atoms with E-state index in [-0.39, 0.29) is 0 Å². The molecule has 0 bridgehead atoms. The highest BCUT2D eigenvalue weighted by Gasteiger charge is 2.20. The molecule has 1 aliphatic rings. The minimum absolute atomic E-state index is 0.755. The molecule has 0 radical (unpaired) electrons. The third-order valence-electron chi connectivity index (χ3n) is 4.40. The topological polar surface area (TPSA) is 65.7 Å². The van der Waals surface area contributed by atoms with Crippen LogP contribution in [0, 0.1) is 6.92 Å². The molecule has 3 aromatic rings. The van der Waals surface area contributed by atoms with Gasteiger partial charge in [-0.15, -0.1) is 0 Å². The van der Waals surface area contributed by atoms with E-state index in [0.29, 0.717) is 0 Å². The van der Waals surface area contributed by atoms with Crippen LogP contribution in [0.3, 0.4) is 0 Å². The molecule has 0 N–H and O–H groups in total. The molecule has 3 aromatic heterocycles. The fourth-order valence-electron chi connectivity index (χ4n) is 3.04. The molecule has 130 valence electrons. The Morgan fingerprint density at radius 3 is 2.36 bits per heavy atom. The number of hydrogen-bond acceptors (Lipinski definition) is 7. The van der Waals surface area contributed by atoms with Crippen LogP contribution >= 0.6 is 0 Å². The summed E-state index contributed by atoms with van der Waals surface area (Å²) in [5.41, 5.74) is 1.87. The highest BCUT2D eigenvalue weighted by molar-refractivity contribution is 5.50. The molecular weight excluding hydrogens is 316 g/mol. The molecule has 1 aliphatic heterocycles. The fraction of sp³-hybridized carbons (Fsp3) is 0.412. The molecular formula is C17H22N8. The number of fused-ring (bicyclic) bond motifs is 1. The Morgan fingerprint density at radius 1 is 0.920 bits per heavy atom. The van der Waals surface area contributed by atoms with Gasteiger partial charge in [-0.3, -0.25) is 0 Å². The average molecular weight is 338 g/mol. The molecule has 0 aromatic carbocycles. The lowest BCUT2D eigenvalue weighted by molar-refractivity contribution is 0.640. The molecule has 0 atom stereocenters. The molecule has 0 unspecified atom stereocenters. The minimum Gasteiger partial charge on any atom is -0.353 e. The quantitative estimate of drug-likeness (QED) is 0.711. The first-order chi connectivity index (χ1) is 12.1. The lowest BCUT2D eigenvalue weighted by atomic mass is 10.3. The molecule has 0 spiro atoms. The van der Waals surface area contributed by atoms with E-state index in [4.69, 9.17) is 0 Å². The highest BCUT2D eigenvalue weighted by atomic mass is 15.3. The van der Waals surface area contributed by atoms with Gasteiger partial charge in [0, 0.05) is 64.3 Å². The van der Waals surface area contributed by atoms with Gasteiger partial charge in [0.1, 0.15) is 11.6 Å². The summed E-state index contributed by atoms with van der Waals surface area (Å²) in [6.07, 6.45) is 3.73. The Bertz CT molecular complexity index is 879. The van der Waals surface area contributed by atoms with Crippen molar-refractivity contribution in [2.75, 3.05) is 55.0 Å². The Morgan fingerprint density at radius 2 is 1.64 bits per heavy atom. The van der Waals surface area contributed by atoms with Crippen molar-refractivity contribution in [3.05, 3.63) is 36.3 Å². The zero-order valence-electron chi connectivity index (χ0n) is 14.8. The maximum atomic E-state index is 4.68. The lowest BCUT2D eigenvalue weighted by Crippen LogP contribution is -2.47. The van der Waals surface area contributed by atoms with E-state index in [9.17, 15) is 0 Å². The summed E-state index contributed by atoms with van der Waals surface area (Å²) in [5, 5.41) is 4.20. The van der Waals surface area contributed by atoms with E-state index in [0.717, 1.165) is 55.1 Å². The summed E-state index contributed by atoms with van der Waals surface area (Å²) in [6, 6.07) is 6.00. The SMILES string of the molecule is Cc1cc(N2CCN(c3ccn4nccc4n3)CC2)nc(N(C)C)n1. The van der Waals surface area contributed by atoms with E-state index in [2.05, 4.69) is 35.9 Å². The molecule has 25 heavy (non-hydrogen) atoms. The van der Waals surface area contributed by atoms with E-state index in [1.165, 1.54) is 0 Å². The van der Waals surface area contributed by atoms with Crippen molar-refractivity contribution in [2.24, 2.45) is 0 Å². The first-order valence-electron chi connectivity index (χ1n) is 8.43. The van der Waals surface area contributed by atoms with E-state index in [1.807, 2.05) is 44.2 Å². The molecule has 0 saturated carbocycles. The summed E-state index contributed by atoms with van der Waals surface area (Å²) < 4.78 is 1.78. The zero-order chi connectivity index (χ0) is 17.4. The van der Waals surface area contributed by atoms with Gasteiger partial charge in [-0.05, 0) is 13.0 Å². The van der Waals surface area contributed by atoms with Crippen molar-refractivity contribution in [1.82, 2.24) is 24.6 Å². The first-order valence-corrected chi connectivity index (χ1v) is 8.43. The maximum absolute atomic E-state index is 4.68. The average Bonchev–Trinajstić information content (AvgIpc) is 3.09. The van der Waals surface area contributed by atoms with Gasteiger partial charge in [-0.25, -0.2) is 14.5 Å². The second-order valence-electron chi connectivity index (χ2n) is 6.46. The second-order valence-corrected chi connectivity index (χ2v) is 6.46. The Kier molecular flexibility index (Phi) is 3.87. The highest BCUT2D eigenvalue weighted by Crippen LogP contribution is 2.20. The summed E-state index contributed by atoms with van der Waals surface area (Å²) >= 11 is 0. The molecule has 4 heterocycles. The Balaban J connectivity index is 1.49. The number of aromatic nitrogens is 5. The van der Waals surface area contributed by atoms with Crippen molar-refractivity contribution in [3.63, 3.8) is 0 Å². The normalized spacial score (nSPS) is 15.0. The van der Waals surface area contributed by atoms with Gasteiger partial charge in [0.25, 0.3) is 0 Å². The maximum Gasteiger partial charge on any atom is 0.226 e. The van der Waals surface area contributed by atoms with Crippen LogP contribution in [0.15, 0.2) is 30.6 Å². The number of anilines is 3. The predicted octanol–water partition coefficient (Wildman–Crippen LogP) is 1.22. The van der Waals surface area contributed by atoms with Crippen LogP contribution in [0.2, 0.25) is 0 Å². The molecule has 1 fully saturated rings. The number of piperazine rings is 1. The van der Waals surface area contributed by atoms with Crippen LogP contribution in [-0.4, -0.2) is 64.8 Å². The van der Waals surface area contributed by atoms with Gasteiger partial charge in [0.2, 0.25) is 5.95 Å². The fourth-order valence-corrected chi connectivity index (χ4v) is 3.04. The van der Waals surface area contributed by atoms with Crippen LogP contribution in [0.5, 0.6) is 0 Å². The number of rotatable bonds is 3. The van der Waals surface area contributed by atoms with Gasteiger partial charge in [-0.2, -0.15) is 10.1 Å². The van der Waals surface area contributed by atoms with E-state index < -0.39 is 0 Å². The van der Waals surface area contributed by atoms with Crippen molar-refractivity contribution < 1.29 is 0 Å². The molecule has 8 heteroatoms. The zero-order valence-corrected chi connectivity index (χ0v) is 14.8. The minimum atomic E-state index is 0.755. The van der Waals surface area contributed by atoms with Gasteiger partial charge < -0.3 is 14.7 Å². The van der Waals surface area contributed by atoms with Gasteiger partial charge in [0.15, 0.2) is 5.65 Å². The summed E-state index contributed by atoms with van der Waals surface area (Å²) in [6.45, 7) is 5.67. The van der Waals surface area contributed by atoms with Crippen LogP contribution in [0.4, 0.5) is 17.6 Å². The Labute approximate surface area is 146 Å². The second kappa shape index (κ2) is 6.19. The monoisotopic (exact) mass is 338 g/mol. The van der Waals surface area contributed by atoms with Crippen LogP contribution < -0.4 is 14.7 Å². The third-order valence-corrected chi connectivity index (χ3v) is 4.40. The smallest absolute Gasteiger partial charge is 0.226 e. The molecule has 0 amide bonds. The van der Waals surface area contributed by atoms with Crippen LogP contribution in [-0.2, 0) is 0 Å². The van der Waals surface area contributed by atoms with Crippen LogP contribution in [0.1, 0.15) is 5.69 Å². The number of nitrogens with zero attached hydrogens (tertiary/aromatic N) is 8. The van der Waals surface area contributed by atoms with Gasteiger partial charge >= 0.3 is 0 Å². The summed E-state index contributed by atoms with van der Waals surface area (Å²) in [4.78, 5) is 20.4. The van der Waals surface area contributed by atoms with Crippen molar-refractivity contribution in [3.8, 4) is 0 Å². The molecule has 1 saturated heterocycles. The van der Waals surface area contributed by atoms with E-state index in [1.54, 1.807) is 10.7 Å². The number of aryl methyl sites for hydroxylation is 1. The molecule has 4 rings (SSSR count). The van der Waals surface area contributed by atoms with Crippen molar-refractivity contribution >= 4 is 23.2 Å². The van der Waals surface area contributed by atoms with E-state index >= 15 is 0 Å². The largest absolute Gasteiger partial charge is 0.353 e. The molecule has 8 nitrogen and oxygen atoms in total. The Hall–Kier alpha value is -2.90. The van der Waals surface area contributed by atoms with Gasteiger partial charge in [0.05, 0.1) is 6.20 Å². The molecule has 0 aliphatic carbocycles. The lowest BCUT2D eigenvalue weighted by Gasteiger charge is -2.36. The number of hydrogen-bond donors (Lipinski definition) is 0. The van der Waals surface area contributed by atoms with Crippen molar-refractivity contribution in [2.45, 2.75) is 6.92 Å². The summed E-state index contributed by atoms with van der Waals surface area (Å²) in [5.74, 6) is 2.75. The predicted molar refractivity (Wildman–Crippen MR) is 98.5 cm³/mol. The standard InChI is InChI=1S/C17H22N8/c1-13-12-16(21-17(19-13)22(2)3)24-10-8-23(9-11-24)14-5-7-25-15(20-14)4-6-18-25/h4-7,12H,8-11H2,1-3H3. The van der Waals surface area contributed by atoms with Crippen molar-refractivity contribution in [1.29, 1.82) is 0 Å². The van der Waals surface area contributed by atoms with Gasteiger partial charge in [-0.1, -0.05) is 0 Å². The van der Waals surface area contributed by atoms with Crippen LogP contribution in [0.25, 0.3) is 5.65 Å². The first kappa shape index (κ1) is 15.6. The third kappa shape index (κ3) is 3.07.